The number of allylic oxidation sites excluding steroid dienone is 1. The molecule has 186 valence electrons. The molecule has 0 bridgehead atoms. The first-order chi connectivity index (χ1) is 17.4. The predicted molar refractivity (Wildman–Crippen MR) is 156 cm³/mol. The zero-order valence-electron chi connectivity index (χ0n) is 20.6. The normalized spacial score (nSPS) is 11.1. The van der Waals surface area contributed by atoms with Gasteiger partial charge in [-0.3, -0.25) is 9.36 Å². The molecular weight excluding hydrogens is 583 g/mol. The maximum atomic E-state index is 12.7. The number of anilines is 1. The number of ether oxygens (including phenoxy) is 1. The van der Waals surface area contributed by atoms with Gasteiger partial charge in [-0.1, -0.05) is 62.0 Å². The highest BCUT2D eigenvalue weighted by molar-refractivity contribution is 14.1. The molecule has 1 amide bonds. The highest BCUT2D eigenvalue weighted by atomic mass is 127. The number of aryl methyl sites for hydroxylation is 1. The molecule has 4 aromatic rings. The van der Waals surface area contributed by atoms with Gasteiger partial charge in [-0.15, -0.1) is 16.8 Å². The smallest absolute Gasteiger partial charge is 0.234 e. The van der Waals surface area contributed by atoms with Gasteiger partial charge in [-0.25, -0.2) is 0 Å². The number of nitrogens with zero attached hydrogens (tertiary/aromatic N) is 3. The average molecular weight is 613 g/mol. The van der Waals surface area contributed by atoms with Gasteiger partial charge in [0.2, 0.25) is 5.91 Å². The Kier molecular flexibility index (Phi) is 8.68. The molecule has 0 fully saturated rings. The second kappa shape index (κ2) is 11.9. The summed E-state index contributed by atoms with van der Waals surface area (Å²) in [7, 11) is 0. The number of rotatable bonds is 10. The summed E-state index contributed by atoms with van der Waals surface area (Å²) < 4.78 is 9.22. The van der Waals surface area contributed by atoms with E-state index < -0.39 is 0 Å². The quantitative estimate of drug-likeness (QED) is 0.119. The first-order valence-electron chi connectivity index (χ1n) is 11.7. The van der Waals surface area contributed by atoms with Gasteiger partial charge in [0.05, 0.1) is 5.75 Å². The number of halogens is 1. The standard InChI is InChI=1S/C28H29IN4O2S/c1-5-14-33-26(16-35-25-13-10-20-8-6-7-9-22(20)19(25)4)31-32-28(33)36-17-27(34)30-24-12-11-21(29)15-23(24)18(2)3/h5-13,15,18H,1,14,16-17H2,2-4H3,(H,30,34). The van der Waals surface area contributed by atoms with Crippen molar-refractivity contribution in [1.29, 1.82) is 0 Å². The van der Waals surface area contributed by atoms with Crippen molar-refractivity contribution in [2.75, 3.05) is 11.1 Å². The van der Waals surface area contributed by atoms with Gasteiger partial charge in [0.1, 0.15) is 12.4 Å². The molecule has 8 heteroatoms. The fraction of sp³-hybridized carbons (Fsp3) is 0.250. The fourth-order valence-corrected chi connectivity index (χ4v) is 5.27. The molecule has 1 aromatic heterocycles. The molecule has 0 saturated heterocycles. The highest BCUT2D eigenvalue weighted by Crippen LogP contribution is 2.29. The average Bonchev–Trinajstić information content (AvgIpc) is 3.25. The van der Waals surface area contributed by atoms with Crippen LogP contribution < -0.4 is 10.1 Å². The van der Waals surface area contributed by atoms with E-state index in [1.54, 1.807) is 6.08 Å². The number of hydrogen-bond acceptors (Lipinski definition) is 5. The SMILES string of the molecule is C=CCn1c(COc2ccc3ccccc3c2C)nnc1SCC(=O)Nc1ccc(I)cc1C(C)C. The molecule has 0 atom stereocenters. The van der Waals surface area contributed by atoms with Crippen LogP contribution in [0, 0.1) is 10.5 Å². The summed E-state index contributed by atoms with van der Waals surface area (Å²) in [6.07, 6.45) is 1.79. The zero-order chi connectivity index (χ0) is 25.7. The van der Waals surface area contributed by atoms with Crippen LogP contribution in [0.5, 0.6) is 5.75 Å². The van der Waals surface area contributed by atoms with E-state index in [4.69, 9.17) is 4.74 Å². The first kappa shape index (κ1) is 26.2. The van der Waals surface area contributed by atoms with Gasteiger partial charge in [0.25, 0.3) is 0 Å². The summed E-state index contributed by atoms with van der Waals surface area (Å²) >= 11 is 3.64. The van der Waals surface area contributed by atoms with Crippen LogP contribution in [-0.2, 0) is 17.9 Å². The summed E-state index contributed by atoms with van der Waals surface area (Å²) in [6, 6.07) is 18.4. The molecule has 6 nitrogen and oxygen atoms in total. The van der Waals surface area contributed by atoms with Crippen LogP contribution in [0.1, 0.15) is 36.7 Å². The zero-order valence-corrected chi connectivity index (χ0v) is 23.6. The lowest BCUT2D eigenvalue weighted by Crippen LogP contribution is -2.16. The number of benzene rings is 3. The molecule has 1 N–H and O–H groups in total. The molecule has 36 heavy (non-hydrogen) atoms. The third-order valence-corrected chi connectivity index (χ3v) is 7.49. The van der Waals surface area contributed by atoms with Crippen molar-refractivity contribution in [2.24, 2.45) is 0 Å². The van der Waals surface area contributed by atoms with Crippen molar-refractivity contribution in [3.05, 3.63) is 87.8 Å². The number of hydrogen-bond donors (Lipinski definition) is 1. The van der Waals surface area contributed by atoms with Crippen LogP contribution in [0.25, 0.3) is 10.8 Å². The molecule has 0 aliphatic heterocycles. The summed E-state index contributed by atoms with van der Waals surface area (Å²) in [5.41, 5.74) is 3.06. The molecule has 3 aromatic carbocycles. The Labute approximate surface area is 229 Å². The third-order valence-electron chi connectivity index (χ3n) is 5.85. The predicted octanol–water partition coefficient (Wildman–Crippen LogP) is 6.96. The Morgan fingerprint density at radius 1 is 1.19 bits per heavy atom. The third kappa shape index (κ3) is 6.10. The number of carbonyl (C=O) groups is 1. The molecular formula is C28H29IN4O2S. The van der Waals surface area contributed by atoms with E-state index in [1.165, 1.54) is 22.5 Å². The van der Waals surface area contributed by atoms with E-state index >= 15 is 0 Å². The molecule has 4 rings (SSSR count). The van der Waals surface area contributed by atoms with Gasteiger partial charge in [-0.2, -0.15) is 0 Å². The Bertz CT molecular complexity index is 1400. The van der Waals surface area contributed by atoms with E-state index in [-0.39, 0.29) is 18.3 Å². The highest BCUT2D eigenvalue weighted by Gasteiger charge is 2.16. The number of aromatic nitrogens is 3. The number of thioether (sulfide) groups is 1. The van der Waals surface area contributed by atoms with Gasteiger partial charge in [0.15, 0.2) is 11.0 Å². The topological polar surface area (TPSA) is 69.0 Å². The second-order valence-corrected chi connectivity index (χ2v) is 10.9. The molecule has 0 aliphatic carbocycles. The van der Waals surface area contributed by atoms with Crippen molar-refractivity contribution >= 4 is 56.7 Å². The van der Waals surface area contributed by atoms with E-state index in [0.717, 1.165) is 26.1 Å². The number of amides is 1. The number of carbonyl (C=O) groups excluding carboxylic acids is 1. The number of nitrogens with one attached hydrogen (secondary N) is 1. The van der Waals surface area contributed by atoms with Gasteiger partial charge >= 0.3 is 0 Å². The lowest BCUT2D eigenvalue weighted by atomic mass is 10.0. The van der Waals surface area contributed by atoms with E-state index in [2.05, 4.69) is 89.7 Å². The Hall–Kier alpha value is -2.85. The lowest BCUT2D eigenvalue weighted by Gasteiger charge is -2.14. The van der Waals surface area contributed by atoms with Crippen molar-refractivity contribution in [1.82, 2.24) is 14.8 Å². The van der Waals surface area contributed by atoms with Crippen molar-refractivity contribution in [2.45, 2.75) is 45.0 Å². The van der Waals surface area contributed by atoms with Crippen molar-refractivity contribution in [3.8, 4) is 5.75 Å². The summed E-state index contributed by atoms with van der Waals surface area (Å²) in [5.74, 6) is 1.95. The van der Waals surface area contributed by atoms with Gasteiger partial charge < -0.3 is 10.1 Å². The minimum absolute atomic E-state index is 0.0825. The van der Waals surface area contributed by atoms with Crippen molar-refractivity contribution < 1.29 is 9.53 Å². The molecule has 0 radical (unpaired) electrons. The van der Waals surface area contributed by atoms with Crippen LogP contribution >= 0.6 is 34.4 Å². The minimum Gasteiger partial charge on any atom is -0.485 e. The Balaban J connectivity index is 1.43. The largest absolute Gasteiger partial charge is 0.485 e. The maximum Gasteiger partial charge on any atom is 0.234 e. The summed E-state index contributed by atoms with van der Waals surface area (Å²) in [4.78, 5) is 12.7. The summed E-state index contributed by atoms with van der Waals surface area (Å²) in [6.45, 7) is 11.0. The molecule has 1 heterocycles. The van der Waals surface area contributed by atoms with E-state index in [1.807, 2.05) is 34.9 Å². The lowest BCUT2D eigenvalue weighted by molar-refractivity contribution is -0.113. The van der Waals surface area contributed by atoms with Crippen LogP contribution in [0.4, 0.5) is 5.69 Å². The van der Waals surface area contributed by atoms with E-state index in [9.17, 15) is 4.79 Å². The molecule has 0 saturated carbocycles. The van der Waals surface area contributed by atoms with Crippen LogP contribution in [0.2, 0.25) is 0 Å². The fourth-order valence-electron chi connectivity index (χ4n) is 3.99. The Morgan fingerprint density at radius 3 is 2.78 bits per heavy atom. The maximum absolute atomic E-state index is 12.7. The van der Waals surface area contributed by atoms with Gasteiger partial charge in [0, 0.05) is 15.8 Å². The monoisotopic (exact) mass is 612 g/mol. The van der Waals surface area contributed by atoms with Crippen molar-refractivity contribution in [3.63, 3.8) is 0 Å². The van der Waals surface area contributed by atoms with Gasteiger partial charge in [-0.05, 0) is 81.6 Å². The minimum atomic E-state index is -0.0825. The van der Waals surface area contributed by atoms with Crippen LogP contribution in [-0.4, -0.2) is 26.4 Å². The summed E-state index contributed by atoms with van der Waals surface area (Å²) in [5, 5.41) is 14.7. The molecule has 0 spiro atoms. The van der Waals surface area contributed by atoms with E-state index in [0.29, 0.717) is 23.4 Å². The molecule has 0 aliphatic rings. The van der Waals surface area contributed by atoms with Crippen LogP contribution in [0.15, 0.2) is 72.4 Å². The van der Waals surface area contributed by atoms with Crippen LogP contribution in [0.3, 0.4) is 0 Å². The molecule has 0 unspecified atom stereocenters. The first-order valence-corrected chi connectivity index (χ1v) is 13.8. The second-order valence-electron chi connectivity index (χ2n) is 8.72. The Morgan fingerprint density at radius 2 is 2.00 bits per heavy atom. The number of fused-ring (bicyclic) bond motifs is 1.